The SMILES string of the molecule is COc1ccccc1N1CCC(NC(=O)CCC(C)N)CC1.Cl.Cl. The summed E-state index contributed by atoms with van der Waals surface area (Å²) >= 11 is 0. The Kier molecular flexibility index (Phi) is 10.8. The van der Waals surface area contributed by atoms with Gasteiger partial charge in [-0.1, -0.05) is 12.1 Å². The van der Waals surface area contributed by atoms with Gasteiger partial charge in [-0.05, 0) is 38.3 Å². The predicted molar refractivity (Wildman–Crippen MR) is 104 cm³/mol. The Balaban J connectivity index is 0.00000264. The van der Waals surface area contributed by atoms with Gasteiger partial charge in [-0.15, -0.1) is 24.8 Å². The van der Waals surface area contributed by atoms with Gasteiger partial charge in [-0.25, -0.2) is 0 Å². The number of nitrogens with zero attached hydrogens (tertiary/aromatic N) is 1. The van der Waals surface area contributed by atoms with Crippen LogP contribution in [0.3, 0.4) is 0 Å². The molecule has 1 atom stereocenters. The highest BCUT2D eigenvalue weighted by Crippen LogP contribution is 2.29. The third-order valence-corrected chi connectivity index (χ3v) is 4.11. The second kappa shape index (κ2) is 11.4. The molecule has 0 radical (unpaired) electrons. The number of benzene rings is 1. The van der Waals surface area contributed by atoms with Crippen LogP contribution in [0.15, 0.2) is 24.3 Å². The van der Waals surface area contributed by atoms with Crippen molar-refractivity contribution in [3.8, 4) is 5.75 Å². The largest absolute Gasteiger partial charge is 0.495 e. The molecule has 1 unspecified atom stereocenters. The Morgan fingerprint density at radius 2 is 1.96 bits per heavy atom. The molecule has 1 saturated heterocycles. The van der Waals surface area contributed by atoms with Gasteiger partial charge in [0.05, 0.1) is 12.8 Å². The summed E-state index contributed by atoms with van der Waals surface area (Å²) in [7, 11) is 1.70. The highest BCUT2D eigenvalue weighted by atomic mass is 35.5. The monoisotopic (exact) mass is 377 g/mol. The van der Waals surface area contributed by atoms with E-state index in [1.807, 2.05) is 25.1 Å². The molecule has 2 rings (SSSR count). The van der Waals surface area contributed by atoms with E-state index >= 15 is 0 Å². The fourth-order valence-electron chi connectivity index (χ4n) is 2.81. The van der Waals surface area contributed by atoms with Crippen LogP contribution in [0.2, 0.25) is 0 Å². The molecule has 1 aliphatic rings. The van der Waals surface area contributed by atoms with Crippen molar-refractivity contribution in [3.63, 3.8) is 0 Å². The maximum atomic E-state index is 11.9. The molecular weight excluding hydrogens is 349 g/mol. The Morgan fingerprint density at radius 3 is 2.54 bits per heavy atom. The van der Waals surface area contributed by atoms with E-state index in [0.29, 0.717) is 6.42 Å². The quantitative estimate of drug-likeness (QED) is 0.799. The number of nitrogens with one attached hydrogen (secondary N) is 1. The number of piperidine rings is 1. The fraction of sp³-hybridized carbons (Fsp3) is 0.588. The lowest BCUT2D eigenvalue weighted by Crippen LogP contribution is -2.45. The first-order valence-corrected chi connectivity index (χ1v) is 8.03. The normalized spacial score (nSPS) is 15.7. The predicted octanol–water partition coefficient (Wildman–Crippen LogP) is 2.75. The van der Waals surface area contributed by atoms with Crippen LogP contribution in [0.4, 0.5) is 5.69 Å². The molecule has 0 bridgehead atoms. The van der Waals surface area contributed by atoms with E-state index in [2.05, 4.69) is 16.3 Å². The van der Waals surface area contributed by atoms with Crippen molar-refractivity contribution in [1.29, 1.82) is 0 Å². The minimum atomic E-state index is 0. The van der Waals surface area contributed by atoms with E-state index in [1.54, 1.807) is 7.11 Å². The molecule has 0 aromatic heterocycles. The van der Waals surface area contributed by atoms with Gasteiger partial charge in [0.1, 0.15) is 5.75 Å². The number of halogens is 2. The molecule has 24 heavy (non-hydrogen) atoms. The maximum Gasteiger partial charge on any atom is 0.220 e. The van der Waals surface area contributed by atoms with Crippen LogP contribution in [0.5, 0.6) is 5.75 Å². The van der Waals surface area contributed by atoms with Crippen LogP contribution in [0.1, 0.15) is 32.6 Å². The van der Waals surface area contributed by atoms with Crippen LogP contribution < -0.4 is 20.7 Å². The molecule has 0 aliphatic carbocycles. The van der Waals surface area contributed by atoms with Gasteiger partial charge in [0, 0.05) is 31.6 Å². The third kappa shape index (κ3) is 6.75. The lowest BCUT2D eigenvalue weighted by atomic mass is 10.0. The molecule has 1 aliphatic heterocycles. The minimum Gasteiger partial charge on any atom is -0.495 e. The van der Waals surface area contributed by atoms with Gasteiger partial charge in [0.2, 0.25) is 5.91 Å². The zero-order chi connectivity index (χ0) is 15.9. The van der Waals surface area contributed by atoms with Crippen LogP contribution in [0.25, 0.3) is 0 Å². The number of ether oxygens (including phenoxy) is 1. The van der Waals surface area contributed by atoms with Gasteiger partial charge < -0.3 is 20.7 Å². The molecular formula is C17H29Cl2N3O2. The fourth-order valence-corrected chi connectivity index (χ4v) is 2.81. The summed E-state index contributed by atoms with van der Waals surface area (Å²) in [4.78, 5) is 14.2. The van der Waals surface area contributed by atoms with Crippen molar-refractivity contribution in [2.24, 2.45) is 5.73 Å². The molecule has 5 nitrogen and oxygen atoms in total. The van der Waals surface area contributed by atoms with Crippen molar-refractivity contribution < 1.29 is 9.53 Å². The number of nitrogens with two attached hydrogens (primary N) is 1. The zero-order valence-electron chi connectivity index (χ0n) is 14.4. The highest BCUT2D eigenvalue weighted by molar-refractivity contribution is 5.85. The Morgan fingerprint density at radius 1 is 1.33 bits per heavy atom. The van der Waals surface area contributed by atoms with Crippen LogP contribution in [0, 0.1) is 0 Å². The first-order chi connectivity index (χ1) is 10.6. The first-order valence-electron chi connectivity index (χ1n) is 8.03. The average Bonchev–Trinajstić information content (AvgIpc) is 2.53. The van der Waals surface area contributed by atoms with E-state index in [9.17, 15) is 4.79 Å². The number of anilines is 1. The molecule has 138 valence electrons. The Bertz CT molecular complexity index is 492. The van der Waals surface area contributed by atoms with Crippen LogP contribution in [-0.4, -0.2) is 38.2 Å². The van der Waals surface area contributed by atoms with Gasteiger partial charge in [0.25, 0.3) is 0 Å². The van der Waals surface area contributed by atoms with Gasteiger partial charge in [-0.3, -0.25) is 4.79 Å². The van der Waals surface area contributed by atoms with Crippen LogP contribution >= 0.6 is 24.8 Å². The summed E-state index contributed by atoms with van der Waals surface area (Å²) < 4.78 is 5.42. The number of hydrogen-bond donors (Lipinski definition) is 2. The van der Waals surface area contributed by atoms with E-state index in [4.69, 9.17) is 10.5 Å². The lowest BCUT2D eigenvalue weighted by Gasteiger charge is -2.34. The Labute approximate surface area is 157 Å². The minimum absolute atomic E-state index is 0. The second-order valence-corrected chi connectivity index (χ2v) is 6.02. The number of rotatable bonds is 6. The van der Waals surface area contributed by atoms with Crippen molar-refractivity contribution in [3.05, 3.63) is 24.3 Å². The summed E-state index contributed by atoms with van der Waals surface area (Å²) in [6.45, 7) is 3.79. The molecule has 1 amide bonds. The van der Waals surface area contributed by atoms with E-state index in [0.717, 1.165) is 43.8 Å². The second-order valence-electron chi connectivity index (χ2n) is 6.02. The number of methoxy groups -OCH3 is 1. The van der Waals surface area contributed by atoms with E-state index in [-0.39, 0.29) is 42.8 Å². The van der Waals surface area contributed by atoms with Crippen molar-refractivity contribution >= 4 is 36.4 Å². The topological polar surface area (TPSA) is 67.6 Å². The zero-order valence-corrected chi connectivity index (χ0v) is 16.0. The molecule has 0 saturated carbocycles. The van der Waals surface area contributed by atoms with Crippen molar-refractivity contribution in [2.45, 2.75) is 44.7 Å². The number of carbonyl (C=O) groups excluding carboxylic acids is 1. The number of para-hydroxylation sites is 2. The molecule has 1 aromatic rings. The summed E-state index contributed by atoms with van der Waals surface area (Å²) in [5.74, 6) is 1.02. The highest BCUT2D eigenvalue weighted by Gasteiger charge is 2.22. The molecule has 1 aromatic carbocycles. The number of amides is 1. The van der Waals surface area contributed by atoms with Gasteiger partial charge >= 0.3 is 0 Å². The summed E-state index contributed by atoms with van der Waals surface area (Å²) in [5, 5.41) is 3.12. The summed E-state index contributed by atoms with van der Waals surface area (Å²) in [6.07, 6.45) is 3.18. The standard InChI is InChI=1S/C17H27N3O2.2ClH/c1-13(18)7-8-17(21)19-14-9-11-20(12-10-14)15-5-3-4-6-16(15)22-2;;/h3-6,13-14H,7-12,18H2,1-2H3,(H,19,21);2*1H. The van der Waals surface area contributed by atoms with Crippen molar-refractivity contribution in [2.75, 3.05) is 25.1 Å². The lowest BCUT2D eigenvalue weighted by molar-refractivity contribution is -0.122. The van der Waals surface area contributed by atoms with Gasteiger partial charge in [-0.2, -0.15) is 0 Å². The van der Waals surface area contributed by atoms with E-state index < -0.39 is 0 Å². The van der Waals surface area contributed by atoms with Crippen molar-refractivity contribution in [1.82, 2.24) is 5.32 Å². The molecule has 1 fully saturated rings. The summed E-state index contributed by atoms with van der Waals surface area (Å²) in [5.41, 5.74) is 6.82. The average molecular weight is 378 g/mol. The molecule has 1 heterocycles. The van der Waals surface area contributed by atoms with Gasteiger partial charge in [0.15, 0.2) is 0 Å². The number of hydrogen-bond acceptors (Lipinski definition) is 4. The third-order valence-electron chi connectivity index (χ3n) is 4.11. The first kappa shape index (κ1) is 22.8. The Hall–Kier alpha value is -1.17. The summed E-state index contributed by atoms with van der Waals surface area (Å²) in [6, 6.07) is 8.43. The van der Waals surface area contributed by atoms with E-state index in [1.165, 1.54) is 0 Å². The number of carbonyl (C=O) groups is 1. The molecule has 7 heteroatoms. The smallest absolute Gasteiger partial charge is 0.220 e. The molecule has 3 N–H and O–H groups in total. The maximum absolute atomic E-state index is 11.9. The van der Waals surface area contributed by atoms with Crippen LogP contribution in [-0.2, 0) is 4.79 Å². The molecule has 0 spiro atoms.